The van der Waals surface area contributed by atoms with Crippen molar-refractivity contribution in [3.63, 3.8) is 0 Å². The van der Waals surface area contributed by atoms with Gasteiger partial charge in [-0.15, -0.1) is 0 Å². The summed E-state index contributed by atoms with van der Waals surface area (Å²) in [6.45, 7) is 4.07. The Hall–Kier alpha value is -3.48. The van der Waals surface area contributed by atoms with Crippen molar-refractivity contribution >= 4 is 17.1 Å². The number of rotatable bonds is 4. The van der Waals surface area contributed by atoms with Crippen LogP contribution < -0.4 is 0 Å². The molecule has 0 N–H and O–H groups in total. The molecule has 0 amide bonds. The first-order chi connectivity index (χ1) is 13.1. The predicted molar refractivity (Wildman–Crippen MR) is 100 cm³/mol. The second kappa shape index (κ2) is 6.68. The zero-order valence-corrected chi connectivity index (χ0v) is 15.3. The van der Waals surface area contributed by atoms with Gasteiger partial charge < -0.3 is 9.15 Å². The molecule has 0 radical (unpaired) electrons. The fourth-order valence-corrected chi connectivity index (χ4v) is 2.88. The molecule has 0 saturated heterocycles. The van der Waals surface area contributed by atoms with Crippen molar-refractivity contribution in [1.29, 1.82) is 0 Å². The van der Waals surface area contributed by atoms with Gasteiger partial charge in [-0.05, 0) is 43.7 Å². The number of nitrogens with zero attached hydrogens (tertiary/aromatic N) is 4. The van der Waals surface area contributed by atoms with Gasteiger partial charge in [0.05, 0.1) is 12.8 Å². The van der Waals surface area contributed by atoms with Gasteiger partial charge in [0.2, 0.25) is 5.89 Å². The van der Waals surface area contributed by atoms with Crippen LogP contribution in [0.5, 0.6) is 0 Å². The monoisotopic (exact) mass is 362 g/mol. The smallest absolute Gasteiger partial charge is 0.356 e. The minimum atomic E-state index is -0.468. The van der Waals surface area contributed by atoms with Crippen molar-refractivity contribution in [3.05, 3.63) is 54.1 Å². The van der Waals surface area contributed by atoms with Gasteiger partial charge in [-0.1, -0.05) is 6.07 Å². The summed E-state index contributed by atoms with van der Waals surface area (Å²) in [6.07, 6.45) is 3.38. The van der Waals surface area contributed by atoms with E-state index in [1.165, 1.54) is 0 Å². The maximum atomic E-state index is 11.9. The summed E-state index contributed by atoms with van der Waals surface area (Å²) >= 11 is 0. The number of hydrogen-bond donors (Lipinski definition) is 0. The Balaban J connectivity index is 1.73. The topological polar surface area (TPSA) is 83.0 Å². The number of carbonyl (C=O) groups is 1. The Kier molecular flexibility index (Phi) is 4.19. The van der Waals surface area contributed by atoms with E-state index >= 15 is 0 Å². The Morgan fingerprint density at radius 3 is 2.81 bits per heavy atom. The van der Waals surface area contributed by atoms with Crippen LogP contribution in [-0.4, -0.2) is 32.3 Å². The van der Waals surface area contributed by atoms with E-state index in [1.54, 1.807) is 25.3 Å². The average Bonchev–Trinajstić information content (AvgIpc) is 3.25. The molecule has 0 saturated carbocycles. The molecule has 7 heteroatoms. The predicted octanol–water partition coefficient (Wildman–Crippen LogP) is 3.78. The van der Waals surface area contributed by atoms with Gasteiger partial charge in [0.15, 0.2) is 5.58 Å². The number of oxazole rings is 1. The number of hydrogen-bond acceptors (Lipinski definition) is 6. The Bertz CT molecular complexity index is 1140. The zero-order valence-electron chi connectivity index (χ0n) is 15.3. The molecule has 27 heavy (non-hydrogen) atoms. The van der Waals surface area contributed by atoms with E-state index in [4.69, 9.17) is 9.15 Å². The highest BCUT2D eigenvalue weighted by Crippen LogP contribution is 2.29. The second-order valence-corrected chi connectivity index (χ2v) is 6.12. The molecule has 0 spiro atoms. The molecule has 7 nitrogen and oxygen atoms in total. The number of aryl methyl sites for hydroxylation is 1. The quantitative estimate of drug-likeness (QED) is 0.514. The summed E-state index contributed by atoms with van der Waals surface area (Å²) in [5, 5.41) is 4.29. The summed E-state index contributed by atoms with van der Waals surface area (Å²) < 4.78 is 12.7. The highest BCUT2D eigenvalue weighted by molar-refractivity contribution is 5.89. The third-order valence-electron chi connectivity index (χ3n) is 4.43. The zero-order chi connectivity index (χ0) is 19.0. The van der Waals surface area contributed by atoms with Gasteiger partial charge in [-0.3, -0.25) is 4.68 Å². The number of ether oxygens (including phenoxy) is 1. The summed E-state index contributed by atoms with van der Waals surface area (Å²) in [5.41, 5.74) is 5.45. The van der Waals surface area contributed by atoms with Gasteiger partial charge in [0.25, 0.3) is 0 Å². The van der Waals surface area contributed by atoms with Crippen molar-refractivity contribution in [1.82, 2.24) is 19.7 Å². The standard InChI is InChI=1S/C20H18N4O3/c1-4-26-20(25)17-10-14(7-8-21-17)19-23-16-9-13(5-6-18(16)27-19)15-11-22-24(3)12(15)2/h5-11H,4H2,1-3H3. The fourth-order valence-electron chi connectivity index (χ4n) is 2.88. The van der Waals surface area contributed by atoms with E-state index in [0.29, 0.717) is 23.6 Å². The van der Waals surface area contributed by atoms with Crippen LogP contribution in [0.25, 0.3) is 33.7 Å². The lowest BCUT2D eigenvalue weighted by Gasteiger charge is -2.01. The molecule has 0 unspecified atom stereocenters. The largest absolute Gasteiger partial charge is 0.461 e. The van der Waals surface area contributed by atoms with Crippen LogP contribution >= 0.6 is 0 Å². The normalized spacial score (nSPS) is 11.1. The minimum Gasteiger partial charge on any atom is -0.461 e. The molecule has 0 aliphatic heterocycles. The van der Waals surface area contributed by atoms with Crippen LogP contribution in [0.15, 0.2) is 47.1 Å². The van der Waals surface area contributed by atoms with Gasteiger partial charge in [0.1, 0.15) is 11.2 Å². The third-order valence-corrected chi connectivity index (χ3v) is 4.43. The summed E-state index contributed by atoms with van der Waals surface area (Å²) in [5.74, 6) is -0.0391. The second-order valence-electron chi connectivity index (χ2n) is 6.12. The molecular formula is C20H18N4O3. The molecule has 0 bridgehead atoms. The van der Waals surface area contributed by atoms with E-state index in [2.05, 4.69) is 15.1 Å². The maximum Gasteiger partial charge on any atom is 0.356 e. The Morgan fingerprint density at radius 2 is 2.07 bits per heavy atom. The van der Waals surface area contributed by atoms with Crippen LogP contribution in [0, 0.1) is 6.92 Å². The maximum absolute atomic E-state index is 11.9. The van der Waals surface area contributed by atoms with E-state index in [-0.39, 0.29) is 5.69 Å². The lowest BCUT2D eigenvalue weighted by Crippen LogP contribution is -2.06. The van der Waals surface area contributed by atoms with Crippen molar-refractivity contribution in [2.45, 2.75) is 13.8 Å². The highest BCUT2D eigenvalue weighted by atomic mass is 16.5. The molecule has 0 aliphatic carbocycles. The molecule has 4 aromatic rings. The Labute approximate surface area is 155 Å². The van der Waals surface area contributed by atoms with E-state index < -0.39 is 5.97 Å². The first-order valence-electron chi connectivity index (χ1n) is 8.60. The van der Waals surface area contributed by atoms with Gasteiger partial charge in [0, 0.05) is 30.1 Å². The number of fused-ring (bicyclic) bond motifs is 1. The molecule has 136 valence electrons. The SMILES string of the molecule is CCOC(=O)c1cc(-c2nc3cc(-c4cnn(C)c4C)ccc3o2)ccn1. The van der Waals surface area contributed by atoms with Gasteiger partial charge in [-0.25, -0.2) is 14.8 Å². The summed E-state index contributed by atoms with van der Waals surface area (Å²) in [7, 11) is 1.91. The van der Waals surface area contributed by atoms with Crippen LogP contribution in [0.2, 0.25) is 0 Å². The highest BCUT2D eigenvalue weighted by Gasteiger charge is 2.14. The fraction of sp³-hybridized carbons (Fsp3) is 0.200. The number of pyridine rings is 1. The van der Waals surface area contributed by atoms with Crippen LogP contribution in [0.1, 0.15) is 23.1 Å². The van der Waals surface area contributed by atoms with Crippen molar-refractivity contribution < 1.29 is 13.9 Å². The van der Waals surface area contributed by atoms with Gasteiger partial charge in [-0.2, -0.15) is 5.10 Å². The first kappa shape index (κ1) is 17.0. The molecule has 1 aromatic carbocycles. The van der Waals surface area contributed by atoms with Crippen molar-refractivity contribution in [2.75, 3.05) is 6.61 Å². The molecule has 3 heterocycles. The van der Waals surface area contributed by atoms with E-state index in [0.717, 1.165) is 22.3 Å². The Morgan fingerprint density at radius 1 is 1.22 bits per heavy atom. The van der Waals surface area contributed by atoms with Crippen LogP contribution in [0.3, 0.4) is 0 Å². The number of aromatic nitrogens is 4. The van der Waals surface area contributed by atoms with Gasteiger partial charge >= 0.3 is 5.97 Å². The number of esters is 1. The van der Waals surface area contributed by atoms with E-state index in [9.17, 15) is 4.79 Å². The molecule has 4 rings (SSSR count). The molecule has 3 aromatic heterocycles. The molecule has 0 aliphatic rings. The third kappa shape index (κ3) is 3.08. The summed E-state index contributed by atoms with van der Waals surface area (Å²) in [4.78, 5) is 20.5. The van der Waals surface area contributed by atoms with Crippen LogP contribution in [-0.2, 0) is 11.8 Å². The average molecular weight is 362 g/mol. The van der Waals surface area contributed by atoms with Crippen LogP contribution in [0.4, 0.5) is 0 Å². The lowest BCUT2D eigenvalue weighted by atomic mass is 10.1. The molecule has 0 fully saturated rings. The first-order valence-corrected chi connectivity index (χ1v) is 8.60. The van der Waals surface area contributed by atoms with E-state index in [1.807, 2.05) is 43.0 Å². The number of carbonyl (C=O) groups excluding carboxylic acids is 1. The van der Waals surface area contributed by atoms with Crippen molar-refractivity contribution in [2.24, 2.45) is 7.05 Å². The van der Waals surface area contributed by atoms with Crippen molar-refractivity contribution in [3.8, 4) is 22.6 Å². The molecule has 0 atom stereocenters. The molecular weight excluding hydrogens is 344 g/mol. The number of benzene rings is 1. The summed E-state index contributed by atoms with van der Waals surface area (Å²) in [6, 6.07) is 9.22. The lowest BCUT2D eigenvalue weighted by molar-refractivity contribution is 0.0519. The minimum absolute atomic E-state index is 0.225.